The first kappa shape index (κ1) is 14.1. The van der Waals surface area contributed by atoms with Crippen LogP contribution in [0.4, 0.5) is 0 Å². The highest BCUT2D eigenvalue weighted by Gasteiger charge is 2.15. The molecule has 23 heavy (non-hydrogen) atoms. The lowest BCUT2D eigenvalue weighted by Gasteiger charge is -2.09. The maximum atomic E-state index is 13.0. The first-order valence-corrected chi connectivity index (χ1v) is 8.38. The molecule has 4 aromatic rings. The van der Waals surface area contributed by atoms with Gasteiger partial charge in [-0.1, -0.05) is 42.5 Å². The monoisotopic (exact) mass is 321 g/mol. The SMILES string of the molecule is CCc1nc2ccccc2c(=O)n1-c1nc2c(C)cccc2s1. The second-order valence-corrected chi connectivity index (χ2v) is 6.47. The highest BCUT2D eigenvalue weighted by atomic mass is 32.1. The van der Waals surface area contributed by atoms with Crippen LogP contribution in [0.1, 0.15) is 18.3 Å². The molecular weight excluding hydrogens is 306 g/mol. The fraction of sp³-hybridized carbons (Fsp3) is 0.167. The Morgan fingerprint density at radius 2 is 1.91 bits per heavy atom. The van der Waals surface area contributed by atoms with E-state index in [1.54, 1.807) is 4.57 Å². The molecule has 0 unspecified atom stereocenters. The molecule has 0 aliphatic carbocycles. The Bertz CT molecular complexity index is 1090. The summed E-state index contributed by atoms with van der Waals surface area (Å²) in [6, 6.07) is 13.6. The molecule has 0 fully saturated rings. The van der Waals surface area contributed by atoms with Gasteiger partial charge in [0.15, 0.2) is 5.13 Å². The van der Waals surface area contributed by atoms with E-state index in [2.05, 4.69) is 4.98 Å². The molecule has 0 aliphatic heterocycles. The van der Waals surface area contributed by atoms with E-state index < -0.39 is 0 Å². The fourth-order valence-electron chi connectivity index (χ4n) is 2.78. The average Bonchev–Trinajstić information content (AvgIpc) is 2.99. The minimum Gasteiger partial charge on any atom is -0.268 e. The number of benzene rings is 2. The van der Waals surface area contributed by atoms with Crippen LogP contribution in [0.25, 0.3) is 26.3 Å². The summed E-state index contributed by atoms with van der Waals surface area (Å²) in [6.45, 7) is 4.04. The normalized spacial score (nSPS) is 11.4. The van der Waals surface area contributed by atoms with Crippen molar-refractivity contribution in [3.63, 3.8) is 0 Å². The zero-order valence-corrected chi connectivity index (χ0v) is 13.7. The summed E-state index contributed by atoms with van der Waals surface area (Å²) in [6.07, 6.45) is 0.676. The molecule has 114 valence electrons. The summed E-state index contributed by atoms with van der Waals surface area (Å²) < 4.78 is 2.74. The van der Waals surface area contributed by atoms with E-state index in [-0.39, 0.29) is 5.56 Å². The van der Waals surface area contributed by atoms with Crippen molar-refractivity contribution >= 4 is 32.5 Å². The van der Waals surface area contributed by atoms with Crippen LogP contribution in [0.15, 0.2) is 47.3 Å². The Morgan fingerprint density at radius 3 is 2.70 bits per heavy atom. The third-order valence-corrected chi connectivity index (χ3v) is 4.97. The van der Waals surface area contributed by atoms with Crippen molar-refractivity contribution in [1.82, 2.24) is 14.5 Å². The minimum absolute atomic E-state index is 0.0517. The number of hydrogen-bond donors (Lipinski definition) is 0. The molecule has 0 radical (unpaired) electrons. The summed E-state index contributed by atoms with van der Waals surface area (Å²) in [5, 5.41) is 1.31. The number of nitrogens with zero attached hydrogens (tertiary/aromatic N) is 3. The topological polar surface area (TPSA) is 47.8 Å². The highest BCUT2D eigenvalue weighted by molar-refractivity contribution is 7.20. The van der Waals surface area contributed by atoms with E-state index in [0.29, 0.717) is 16.9 Å². The minimum atomic E-state index is -0.0517. The van der Waals surface area contributed by atoms with E-state index in [0.717, 1.165) is 27.1 Å². The lowest BCUT2D eigenvalue weighted by molar-refractivity contribution is 0.829. The van der Waals surface area contributed by atoms with Crippen molar-refractivity contribution in [2.45, 2.75) is 20.3 Å². The summed E-state index contributed by atoms with van der Waals surface area (Å²) in [5.41, 5.74) is 2.76. The highest BCUT2D eigenvalue weighted by Crippen LogP contribution is 2.27. The van der Waals surface area contributed by atoms with Crippen molar-refractivity contribution < 1.29 is 0 Å². The van der Waals surface area contributed by atoms with Crippen LogP contribution < -0.4 is 5.56 Å². The van der Waals surface area contributed by atoms with Gasteiger partial charge in [0.2, 0.25) is 0 Å². The molecular formula is C18H15N3OS. The molecule has 0 bridgehead atoms. The van der Waals surface area contributed by atoms with E-state index >= 15 is 0 Å². The largest absolute Gasteiger partial charge is 0.268 e. The molecule has 2 heterocycles. The molecule has 5 heteroatoms. The quantitative estimate of drug-likeness (QED) is 0.563. The zero-order valence-electron chi connectivity index (χ0n) is 12.9. The van der Waals surface area contributed by atoms with Gasteiger partial charge in [-0.05, 0) is 30.7 Å². The van der Waals surface area contributed by atoms with Crippen molar-refractivity contribution in [1.29, 1.82) is 0 Å². The van der Waals surface area contributed by atoms with Crippen LogP contribution in [0.2, 0.25) is 0 Å². The molecule has 0 N–H and O–H groups in total. The van der Waals surface area contributed by atoms with Crippen LogP contribution in [0.5, 0.6) is 0 Å². The number of para-hydroxylation sites is 2. The van der Waals surface area contributed by atoms with Gasteiger partial charge in [-0.25, -0.2) is 14.5 Å². The second kappa shape index (κ2) is 5.28. The number of rotatable bonds is 2. The Kier molecular flexibility index (Phi) is 3.23. The number of thiazole rings is 1. The molecule has 4 nitrogen and oxygen atoms in total. The first-order valence-electron chi connectivity index (χ1n) is 7.56. The van der Waals surface area contributed by atoms with Gasteiger partial charge in [0.25, 0.3) is 5.56 Å². The van der Waals surface area contributed by atoms with E-state index in [1.807, 2.05) is 56.3 Å². The Labute approximate surface area is 137 Å². The maximum absolute atomic E-state index is 13.0. The number of aryl methyl sites for hydroxylation is 2. The van der Waals surface area contributed by atoms with Gasteiger partial charge < -0.3 is 0 Å². The first-order chi connectivity index (χ1) is 11.2. The molecule has 2 aromatic heterocycles. The van der Waals surface area contributed by atoms with Crippen LogP contribution >= 0.6 is 11.3 Å². The standard InChI is InChI=1S/C18H15N3OS/c1-3-15-19-13-9-5-4-8-12(13)17(22)21(15)18-20-16-11(2)7-6-10-14(16)23-18/h4-10H,3H2,1-2H3. The third-order valence-electron chi connectivity index (χ3n) is 3.96. The number of fused-ring (bicyclic) bond motifs is 2. The second-order valence-electron chi connectivity index (χ2n) is 5.46. The number of hydrogen-bond acceptors (Lipinski definition) is 4. The summed E-state index contributed by atoms with van der Waals surface area (Å²) in [5.74, 6) is 0.741. The van der Waals surface area contributed by atoms with E-state index in [4.69, 9.17) is 4.98 Å². The van der Waals surface area contributed by atoms with Gasteiger partial charge in [0.05, 0.1) is 21.1 Å². The molecule has 0 aliphatic rings. The summed E-state index contributed by atoms with van der Waals surface area (Å²) in [7, 11) is 0. The van der Waals surface area contributed by atoms with Crippen molar-refractivity contribution in [3.05, 3.63) is 64.2 Å². The summed E-state index contributed by atoms with van der Waals surface area (Å²) in [4.78, 5) is 22.3. The van der Waals surface area contributed by atoms with Crippen LogP contribution in [-0.2, 0) is 6.42 Å². The summed E-state index contributed by atoms with van der Waals surface area (Å²) >= 11 is 1.53. The Hall–Kier alpha value is -2.53. The molecule has 0 atom stereocenters. The zero-order chi connectivity index (χ0) is 16.0. The molecule has 2 aromatic carbocycles. The van der Waals surface area contributed by atoms with Gasteiger partial charge >= 0.3 is 0 Å². The van der Waals surface area contributed by atoms with Crippen molar-refractivity contribution in [2.24, 2.45) is 0 Å². The predicted octanol–water partition coefficient (Wildman–Crippen LogP) is 3.87. The van der Waals surface area contributed by atoms with Crippen LogP contribution in [-0.4, -0.2) is 14.5 Å². The maximum Gasteiger partial charge on any atom is 0.267 e. The Morgan fingerprint density at radius 1 is 1.09 bits per heavy atom. The molecule has 0 saturated heterocycles. The number of aromatic nitrogens is 3. The van der Waals surface area contributed by atoms with Gasteiger partial charge in [0, 0.05) is 6.42 Å². The average molecular weight is 321 g/mol. The third kappa shape index (κ3) is 2.16. The van der Waals surface area contributed by atoms with Crippen molar-refractivity contribution in [3.8, 4) is 5.13 Å². The van der Waals surface area contributed by atoms with Gasteiger partial charge in [0.1, 0.15) is 5.82 Å². The van der Waals surface area contributed by atoms with Crippen LogP contribution in [0.3, 0.4) is 0 Å². The Balaban J connectivity index is 2.08. The van der Waals surface area contributed by atoms with Gasteiger partial charge in [-0.3, -0.25) is 4.79 Å². The van der Waals surface area contributed by atoms with E-state index in [1.165, 1.54) is 11.3 Å². The van der Waals surface area contributed by atoms with E-state index in [9.17, 15) is 4.79 Å². The molecule has 0 spiro atoms. The molecule has 0 amide bonds. The van der Waals surface area contributed by atoms with Gasteiger partial charge in [-0.2, -0.15) is 0 Å². The lowest BCUT2D eigenvalue weighted by atomic mass is 10.2. The smallest absolute Gasteiger partial charge is 0.267 e. The fourth-order valence-corrected chi connectivity index (χ4v) is 3.85. The lowest BCUT2D eigenvalue weighted by Crippen LogP contribution is -2.23. The van der Waals surface area contributed by atoms with Gasteiger partial charge in [-0.15, -0.1) is 0 Å². The predicted molar refractivity (Wildman–Crippen MR) is 94.6 cm³/mol. The van der Waals surface area contributed by atoms with Crippen molar-refractivity contribution in [2.75, 3.05) is 0 Å². The molecule has 4 rings (SSSR count). The molecule has 0 saturated carbocycles. The van der Waals surface area contributed by atoms with Crippen LogP contribution in [0, 0.1) is 6.92 Å².